The molecule has 0 saturated heterocycles. The fourth-order valence-corrected chi connectivity index (χ4v) is 8.27. The van der Waals surface area contributed by atoms with E-state index in [2.05, 4.69) is 5.32 Å². The Morgan fingerprint density at radius 2 is 1.59 bits per heavy atom. The minimum atomic E-state index is -1.48. The van der Waals surface area contributed by atoms with Crippen molar-refractivity contribution in [3.05, 3.63) is 64.6 Å². The summed E-state index contributed by atoms with van der Waals surface area (Å²) in [7, 11) is 0. The number of anilines is 1. The van der Waals surface area contributed by atoms with Gasteiger partial charge in [0.2, 0.25) is 5.78 Å². The maximum absolute atomic E-state index is 14.0. The van der Waals surface area contributed by atoms with Gasteiger partial charge in [0.1, 0.15) is 17.5 Å². The van der Waals surface area contributed by atoms with Crippen molar-refractivity contribution in [3.8, 4) is 0 Å². The number of nitrogens with zero attached hydrogens (tertiary/aromatic N) is 1. The summed E-state index contributed by atoms with van der Waals surface area (Å²) in [6.07, 6.45) is 8.22. The number of nitrogens with two attached hydrogens (primary N) is 1. The number of ketones is 1. The van der Waals surface area contributed by atoms with Gasteiger partial charge in [-0.25, -0.2) is 8.78 Å². The average molecular weight is 519 g/mol. The Bertz CT molecular complexity index is 1070. The standard InChI is InChI=1S/C15H12F2N3O2.C11H17.Zn/c16-9-6-4-8(5-7-9)12-14(21)15(18)20(22)11-3-1-2-10(17)13(11)19-12;1-11-5-8-2-9(6-11)4-10(3-8)7-11;/h1-7,12,15,19H,18H2;8-10H,1-7H2;/q+1;;. The Kier molecular flexibility index (Phi) is 6.41. The molecule has 8 heteroatoms. The van der Waals surface area contributed by atoms with Crippen molar-refractivity contribution < 1.29 is 36.6 Å². The summed E-state index contributed by atoms with van der Waals surface area (Å²) < 4.78 is 27.3. The van der Waals surface area contributed by atoms with Gasteiger partial charge in [0.05, 0.1) is 4.76 Å². The second kappa shape index (κ2) is 9.20. The van der Waals surface area contributed by atoms with Crippen molar-refractivity contribution in [3.63, 3.8) is 0 Å². The van der Waals surface area contributed by atoms with E-state index in [4.69, 9.17) is 5.73 Å². The minimum absolute atomic E-state index is 0.0505. The molecule has 4 saturated carbocycles. The van der Waals surface area contributed by atoms with Crippen molar-refractivity contribution in [1.29, 1.82) is 0 Å². The number of Topliss-reactive ketones (excluding diaryl/α,β-unsaturated/α-hetero) is 1. The molecule has 4 aliphatic carbocycles. The Morgan fingerprint density at radius 1 is 1.00 bits per heavy atom. The molecular weight excluding hydrogens is 490 g/mol. The first-order valence-corrected chi connectivity index (χ1v) is 14.2. The van der Waals surface area contributed by atoms with E-state index in [1.54, 1.807) is 61.8 Å². The molecule has 2 unspecified atom stereocenters. The van der Waals surface area contributed by atoms with Gasteiger partial charge in [-0.05, 0) is 23.8 Å². The molecule has 4 fully saturated rings. The molecule has 5 aliphatic rings. The van der Waals surface area contributed by atoms with E-state index < -0.39 is 29.6 Å². The van der Waals surface area contributed by atoms with Crippen molar-refractivity contribution in [2.75, 3.05) is 5.32 Å². The number of carbonyl (C=O) groups is 1. The number of hydrogen-bond acceptors (Lipinski definition) is 4. The molecule has 0 amide bonds. The van der Waals surface area contributed by atoms with Gasteiger partial charge in [-0.3, -0.25) is 10.5 Å². The maximum atomic E-state index is 14.0. The van der Waals surface area contributed by atoms with Gasteiger partial charge in [-0.1, -0.05) is 18.2 Å². The van der Waals surface area contributed by atoms with Crippen LogP contribution in [0.15, 0.2) is 42.5 Å². The van der Waals surface area contributed by atoms with Gasteiger partial charge < -0.3 is 5.32 Å². The fraction of sp³-hybridized carbons (Fsp3) is 0.500. The number of halogens is 2. The zero-order valence-electron chi connectivity index (χ0n) is 19.2. The molecule has 2 atom stereocenters. The summed E-state index contributed by atoms with van der Waals surface area (Å²) in [4.78, 5) is 24.5. The van der Waals surface area contributed by atoms with Crippen LogP contribution in [0.5, 0.6) is 0 Å². The summed E-state index contributed by atoms with van der Waals surface area (Å²) in [5, 5.41) is 4.30. The number of rotatable bonds is 2. The van der Waals surface area contributed by atoms with E-state index in [0.29, 0.717) is 5.56 Å². The van der Waals surface area contributed by atoms with Crippen LogP contribution in [0.1, 0.15) is 50.1 Å². The molecule has 2 aromatic rings. The van der Waals surface area contributed by atoms with Gasteiger partial charge in [0.25, 0.3) is 5.69 Å². The predicted octanol–water partition coefficient (Wildman–Crippen LogP) is 5.56. The first kappa shape index (κ1) is 23.7. The molecule has 1 aliphatic heterocycles. The molecule has 0 aromatic heterocycles. The van der Waals surface area contributed by atoms with Gasteiger partial charge in [-0.15, -0.1) is 0 Å². The third-order valence-corrected chi connectivity index (χ3v) is 10.5. The molecule has 34 heavy (non-hydrogen) atoms. The number of fused-ring (bicyclic) bond motifs is 1. The van der Waals surface area contributed by atoms with Crippen LogP contribution < -0.4 is 11.1 Å². The first-order chi connectivity index (χ1) is 16.3. The van der Waals surface area contributed by atoms with Crippen LogP contribution in [0.3, 0.4) is 0 Å². The third kappa shape index (κ3) is 4.35. The van der Waals surface area contributed by atoms with Crippen LogP contribution in [0.25, 0.3) is 0 Å². The summed E-state index contributed by atoms with van der Waals surface area (Å²) in [6, 6.07) is 8.00. The molecule has 5 nitrogen and oxygen atoms in total. The predicted molar refractivity (Wildman–Crippen MR) is 121 cm³/mol. The quantitative estimate of drug-likeness (QED) is 0.403. The van der Waals surface area contributed by atoms with E-state index in [-0.39, 0.29) is 16.1 Å². The average Bonchev–Trinajstić information content (AvgIpc) is 2.91. The van der Waals surface area contributed by atoms with Crippen LogP contribution in [0.2, 0.25) is 5.02 Å². The van der Waals surface area contributed by atoms with Crippen LogP contribution >= 0.6 is 0 Å². The second-order valence-corrected chi connectivity index (χ2v) is 11.7. The number of nitrogens with one attached hydrogen (secondary N) is 1. The Balaban J connectivity index is 0.000000167. The monoisotopic (exact) mass is 517 g/mol. The first-order valence-electron chi connectivity index (χ1n) is 12.1. The van der Waals surface area contributed by atoms with E-state index >= 15 is 0 Å². The van der Waals surface area contributed by atoms with Crippen molar-refractivity contribution >= 4 is 17.2 Å². The SMILES string of the molecule is NC1C(=O)C(c2ccc(F)cc2)Nc2c(F)cccc2[N+]1=O.[Zn][CH2]C12CC3CC(CC(C3)C1)C2. The Hall–Kier alpha value is -2.05. The molecule has 175 valence electrons. The van der Waals surface area contributed by atoms with Crippen molar-refractivity contribution in [2.24, 2.45) is 28.9 Å². The molecule has 7 rings (SSSR count). The fourth-order valence-electron chi connectivity index (χ4n) is 6.99. The van der Waals surface area contributed by atoms with E-state index in [1.807, 2.05) is 0 Å². The zero-order valence-corrected chi connectivity index (χ0v) is 22.1. The third-order valence-electron chi connectivity index (χ3n) is 8.25. The van der Waals surface area contributed by atoms with Gasteiger partial charge >= 0.3 is 91.2 Å². The van der Waals surface area contributed by atoms with Gasteiger partial charge in [0, 0.05) is 11.0 Å². The molecule has 2 aromatic carbocycles. The normalized spacial score (nSPS) is 33.5. The van der Waals surface area contributed by atoms with E-state index in [9.17, 15) is 18.5 Å². The van der Waals surface area contributed by atoms with Crippen molar-refractivity contribution in [1.82, 2.24) is 0 Å². The summed E-state index contributed by atoms with van der Waals surface area (Å²) in [5.41, 5.74) is 6.81. The van der Waals surface area contributed by atoms with Crippen LogP contribution in [0, 0.1) is 39.7 Å². The number of nitroso groups, excluding NO2 is 1. The molecule has 4 bridgehead atoms. The molecular formula is C26H29F2N3O2Zn+. The molecule has 1 heterocycles. The number of carbonyl (C=O) groups excluding carboxylic acids is 1. The number of hydrogen-bond donors (Lipinski definition) is 2. The van der Waals surface area contributed by atoms with E-state index in [0.717, 1.165) is 5.41 Å². The van der Waals surface area contributed by atoms with E-state index in [1.165, 1.54) is 60.2 Å². The zero-order chi connectivity index (χ0) is 24.0. The second-order valence-electron chi connectivity index (χ2n) is 10.6. The summed E-state index contributed by atoms with van der Waals surface area (Å²) in [5.74, 6) is 1.74. The van der Waals surface area contributed by atoms with Crippen LogP contribution in [0.4, 0.5) is 20.2 Å². The molecule has 3 N–H and O–H groups in total. The Labute approximate surface area is 208 Å². The molecule has 0 spiro atoms. The number of benzene rings is 2. The van der Waals surface area contributed by atoms with Crippen molar-refractivity contribution in [2.45, 2.75) is 55.7 Å². The Morgan fingerprint density at radius 3 is 2.15 bits per heavy atom. The molecule has 0 radical (unpaired) electrons. The summed E-state index contributed by atoms with van der Waals surface area (Å²) in [6.45, 7) is 0. The van der Waals surface area contributed by atoms with Gasteiger partial charge in [0.15, 0.2) is 5.82 Å². The number of para-hydroxylation sites is 1. The van der Waals surface area contributed by atoms with Crippen LogP contribution in [-0.2, 0) is 23.1 Å². The van der Waals surface area contributed by atoms with Gasteiger partial charge in [-0.2, -0.15) is 0 Å². The topological polar surface area (TPSA) is 75.2 Å². The summed E-state index contributed by atoms with van der Waals surface area (Å²) >= 11 is 1.55. The van der Waals surface area contributed by atoms with Crippen LogP contribution in [-0.4, -0.2) is 16.7 Å².